The van der Waals surface area contributed by atoms with Crippen molar-refractivity contribution in [2.45, 2.75) is 50.2 Å². The highest BCUT2D eigenvalue weighted by Crippen LogP contribution is 2.60. The van der Waals surface area contributed by atoms with E-state index in [9.17, 15) is 32.7 Å². The molecule has 2 heterocycles. The van der Waals surface area contributed by atoms with E-state index >= 15 is 4.39 Å². The van der Waals surface area contributed by atoms with Gasteiger partial charge in [0.1, 0.15) is 5.82 Å². The van der Waals surface area contributed by atoms with Gasteiger partial charge >= 0.3 is 12.1 Å². The number of aromatic carboxylic acids is 1. The molecule has 2 aromatic carbocycles. The summed E-state index contributed by atoms with van der Waals surface area (Å²) in [6.07, 6.45) is -1.27. The molecule has 4 aromatic rings. The van der Waals surface area contributed by atoms with Crippen molar-refractivity contribution >= 4 is 29.4 Å². The van der Waals surface area contributed by atoms with Gasteiger partial charge in [0.05, 0.1) is 39.1 Å². The van der Waals surface area contributed by atoms with Gasteiger partial charge in [0.2, 0.25) is 5.91 Å². The normalized spacial score (nSPS) is 17.1. The third-order valence-electron chi connectivity index (χ3n) is 8.67. The van der Waals surface area contributed by atoms with Crippen LogP contribution in [0.4, 0.5) is 17.6 Å². The summed E-state index contributed by atoms with van der Waals surface area (Å²) in [6.45, 7) is 0.270. The number of carboxylic acid groups (broad SMARTS) is 1. The van der Waals surface area contributed by atoms with Crippen LogP contribution in [0.15, 0.2) is 48.8 Å². The number of nitrogens with zero attached hydrogens (tertiary/aromatic N) is 4. The highest BCUT2D eigenvalue weighted by Gasteiger charge is 2.65. The van der Waals surface area contributed by atoms with Gasteiger partial charge < -0.3 is 10.0 Å². The topological polar surface area (TPSA) is 121 Å². The van der Waals surface area contributed by atoms with Crippen LogP contribution in [0.2, 0.25) is 5.02 Å². The second-order valence-corrected chi connectivity index (χ2v) is 11.9. The second kappa shape index (κ2) is 11.1. The summed E-state index contributed by atoms with van der Waals surface area (Å²) in [5.41, 5.74) is -1.74. The van der Waals surface area contributed by atoms with Crippen LogP contribution >= 0.6 is 11.6 Å². The van der Waals surface area contributed by atoms with Crippen LogP contribution < -0.4 is 0 Å². The average molecular weight is 644 g/mol. The minimum atomic E-state index is -4.63. The number of fused-ring (bicyclic) bond motifs is 1. The predicted octanol–water partition coefficient (Wildman–Crippen LogP) is 5.81. The van der Waals surface area contributed by atoms with Gasteiger partial charge in [-0.2, -0.15) is 28.1 Å². The van der Waals surface area contributed by atoms with E-state index in [2.05, 4.69) is 15.3 Å². The van der Waals surface area contributed by atoms with Crippen LogP contribution in [0.1, 0.15) is 62.4 Å². The van der Waals surface area contributed by atoms with E-state index < -0.39 is 35.2 Å². The van der Waals surface area contributed by atoms with Gasteiger partial charge in [-0.3, -0.25) is 14.7 Å². The number of halogens is 5. The lowest BCUT2D eigenvalue weighted by atomic mass is 9.84. The quantitative estimate of drug-likeness (QED) is 0.245. The van der Waals surface area contributed by atoms with E-state index in [4.69, 9.17) is 11.6 Å². The lowest BCUT2D eigenvalue weighted by Crippen LogP contribution is -2.36. The Morgan fingerprint density at radius 1 is 1.20 bits per heavy atom. The molecule has 2 N–H and O–H groups in total. The molecule has 6 rings (SSSR count). The molecule has 2 aromatic heterocycles. The molecule has 0 radical (unpaired) electrons. The van der Waals surface area contributed by atoms with E-state index in [0.717, 1.165) is 16.3 Å². The van der Waals surface area contributed by atoms with Crippen molar-refractivity contribution in [1.29, 1.82) is 0 Å². The molecule has 1 saturated carbocycles. The Morgan fingerprint density at radius 2 is 1.96 bits per heavy atom. The third-order valence-corrected chi connectivity index (χ3v) is 8.99. The largest absolute Gasteiger partial charge is 0.478 e. The fourth-order valence-electron chi connectivity index (χ4n) is 6.15. The summed E-state index contributed by atoms with van der Waals surface area (Å²) < 4.78 is 58.9. The Kier molecular flexibility index (Phi) is 7.54. The molecule has 0 aliphatic heterocycles. The Morgan fingerprint density at radius 3 is 2.58 bits per heavy atom. The van der Waals surface area contributed by atoms with Gasteiger partial charge in [-0.05, 0) is 55.5 Å². The van der Waals surface area contributed by atoms with Crippen LogP contribution in [0, 0.1) is 11.7 Å². The minimum Gasteiger partial charge on any atom is -0.478 e. The highest BCUT2D eigenvalue weighted by molar-refractivity contribution is 6.34. The number of amides is 1. The smallest absolute Gasteiger partial charge is 0.398 e. The Labute approximate surface area is 258 Å². The fourth-order valence-corrected chi connectivity index (χ4v) is 6.41. The predicted molar refractivity (Wildman–Crippen MR) is 153 cm³/mol. The molecule has 14 heteroatoms. The highest BCUT2D eigenvalue weighted by atomic mass is 35.5. The fraction of sp³-hybridized carbons (Fsp3) is 0.323. The number of aromatic nitrogens is 4. The monoisotopic (exact) mass is 643 g/mol. The molecule has 234 valence electrons. The van der Waals surface area contributed by atoms with E-state index in [1.807, 2.05) is 0 Å². The van der Waals surface area contributed by atoms with Crippen molar-refractivity contribution in [2.75, 3.05) is 7.05 Å². The van der Waals surface area contributed by atoms with E-state index in [-0.39, 0.29) is 76.8 Å². The zero-order valence-corrected chi connectivity index (χ0v) is 24.5. The number of H-pyrrole nitrogens is 1. The van der Waals surface area contributed by atoms with Gasteiger partial charge in [0.15, 0.2) is 0 Å². The number of aromatic amines is 1. The lowest BCUT2D eigenvalue weighted by Gasteiger charge is -2.27. The number of benzene rings is 2. The summed E-state index contributed by atoms with van der Waals surface area (Å²) in [5.74, 6) is -4.02. The molecule has 0 spiro atoms. The zero-order chi connectivity index (χ0) is 32.3. The van der Waals surface area contributed by atoms with Crippen molar-refractivity contribution in [3.63, 3.8) is 0 Å². The summed E-state index contributed by atoms with van der Waals surface area (Å²) >= 11 is 6.41. The molecular weight excluding hydrogens is 618 g/mol. The number of carbonyl (C=O) groups is 3. The maximum atomic E-state index is 15.3. The SMILES string of the molecule is CN(Cc1cn[nH]c1)C(=O)C1CCc2c(-c3ccc(C(=O)O)cc3F)nn(C(=O)c3c(Cl)cccc3C3(C(F)(F)F)CC3)c2C1. The number of carboxylic acids is 1. The van der Waals surface area contributed by atoms with E-state index in [0.29, 0.717) is 12.0 Å². The third kappa shape index (κ3) is 5.28. The Hall–Kier alpha value is -4.52. The summed E-state index contributed by atoms with van der Waals surface area (Å²) in [4.78, 5) is 40.6. The number of hydrogen-bond donors (Lipinski definition) is 2. The standard InChI is InChI=1S/C31H26ClF4N5O4/c1-40(15-16-13-37-38-14-16)27(42)17-5-8-20-24(12-17)41(39-26(20)19-7-6-18(29(44)45)11-23(19)33)28(43)25-21(3-2-4-22(25)32)30(9-10-30)31(34,35)36/h2-4,6-7,11,13-14,17H,5,8-10,12,15H2,1H3,(H,37,38)(H,44,45). The summed E-state index contributed by atoms with van der Waals surface area (Å²) in [7, 11) is 1.63. The maximum absolute atomic E-state index is 15.3. The zero-order valence-electron chi connectivity index (χ0n) is 23.8. The van der Waals surface area contributed by atoms with Crippen molar-refractivity contribution in [1.82, 2.24) is 24.9 Å². The molecular formula is C31H26ClF4N5O4. The van der Waals surface area contributed by atoms with E-state index in [1.165, 1.54) is 35.2 Å². The van der Waals surface area contributed by atoms with Crippen molar-refractivity contribution in [2.24, 2.45) is 5.92 Å². The molecule has 2 aliphatic carbocycles. The number of alkyl halides is 3. The van der Waals surface area contributed by atoms with Crippen LogP contribution in [0.5, 0.6) is 0 Å². The first kappa shape index (κ1) is 30.5. The van der Waals surface area contributed by atoms with E-state index in [1.54, 1.807) is 19.4 Å². The number of nitrogens with one attached hydrogen (secondary N) is 1. The van der Waals surface area contributed by atoms with Gasteiger partial charge in [-0.15, -0.1) is 0 Å². The summed E-state index contributed by atoms with van der Waals surface area (Å²) in [5, 5.41) is 20.1. The molecule has 0 saturated heterocycles. The van der Waals surface area contributed by atoms with Crippen LogP contribution in [0.3, 0.4) is 0 Å². The van der Waals surface area contributed by atoms with Gasteiger partial charge in [-0.25, -0.2) is 9.18 Å². The van der Waals surface area contributed by atoms with Crippen LogP contribution in [-0.2, 0) is 29.6 Å². The van der Waals surface area contributed by atoms with Gasteiger partial charge in [0, 0.05) is 48.8 Å². The lowest BCUT2D eigenvalue weighted by molar-refractivity contribution is -0.160. The van der Waals surface area contributed by atoms with Crippen molar-refractivity contribution in [3.8, 4) is 11.3 Å². The number of hydrogen-bond acceptors (Lipinski definition) is 5. The molecule has 9 nitrogen and oxygen atoms in total. The van der Waals surface area contributed by atoms with Crippen molar-refractivity contribution < 1.29 is 37.1 Å². The molecule has 1 atom stereocenters. The first-order valence-corrected chi connectivity index (χ1v) is 14.5. The molecule has 1 amide bonds. The number of rotatable bonds is 7. The molecule has 2 aliphatic rings. The van der Waals surface area contributed by atoms with Crippen LogP contribution in [-0.4, -0.2) is 61.0 Å². The molecule has 1 unspecified atom stereocenters. The minimum absolute atomic E-state index is 0.00165. The second-order valence-electron chi connectivity index (χ2n) is 11.5. The van der Waals surface area contributed by atoms with Gasteiger partial charge in [-0.1, -0.05) is 23.7 Å². The molecule has 45 heavy (non-hydrogen) atoms. The summed E-state index contributed by atoms with van der Waals surface area (Å²) in [6, 6.07) is 7.17. The van der Waals surface area contributed by atoms with Crippen molar-refractivity contribution in [3.05, 3.63) is 93.1 Å². The first-order chi connectivity index (χ1) is 21.3. The molecule has 1 fully saturated rings. The maximum Gasteiger partial charge on any atom is 0.398 e. The Balaban J connectivity index is 1.45. The average Bonchev–Trinajstić information content (AvgIpc) is 3.52. The first-order valence-electron chi connectivity index (χ1n) is 14.1. The van der Waals surface area contributed by atoms with Crippen LogP contribution in [0.25, 0.3) is 11.3 Å². The Bertz CT molecular complexity index is 1830. The number of carbonyl (C=O) groups excluding carboxylic acids is 2. The van der Waals surface area contributed by atoms with Gasteiger partial charge in [0.25, 0.3) is 5.91 Å². The molecule has 0 bridgehead atoms.